The lowest BCUT2D eigenvalue weighted by atomic mass is 9.86. The molecular weight excluding hydrogens is 346 g/mol. The van der Waals surface area contributed by atoms with Crippen molar-refractivity contribution in [3.63, 3.8) is 0 Å². The zero-order valence-corrected chi connectivity index (χ0v) is 15.4. The van der Waals surface area contributed by atoms with Crippen LogP contribution in [0.25, 0.3) is 0 Å². The van der Waals surface area contributed by atoms with E-state index < -0.39 is 0 Å². The van der Waals surface area contributed by atoms with E-state index in [1.807, 2.05) is 29.2 Å². The highest BCUT2D eigenvalue weighted by Gasteiger charge is 2.47. The molecule has 27 heavy (non-hydrogen) atoms. The SMILES string of the molecule is CC(=O)N1CCC[C@@H]2[C@H]1[C@@H](c1ccc(F)cc1)CN2Cc1ccc(F)cc1. The molecule has 2 heterocycles. The molecule has 2 aromatic carbocycles. The van der Waals surface area contributed by atoms with Gasteiger partial charge < -0.3 is 4.90 Å². The van der Waals surface area contributed by atoms with E-state index in [0.29, 0.717) is 0 Å². The Labute approximate surface area is 158 Å². The maximum Gasteiger partial charge on any atom is 0.219 e. The van der Waals surface area contributed by atoms with Crippen LogP contribution in [0.1, 0.15) is 36.8 Å². The lowest BCUT2D eigenvalue weighted by Gasteiger charge is -2.41. The molecule has 3 atom stereocenters. The highest BCUT2D eigenvalue weighted by atomic mass is 19.1. The van der Waals surface area contributed by atoms with E-state index in [2.05, 4.69) is 4.90 Å². The molecule has 3 nitrogen and oxygen atoms in total. The van der Waals surface area contributed by atoms with Crippen LogP contribution in [0, 0.1) is 11.6 Å². The van der Waals surface area contributed by atoms with Crippen molar-refractivity contribution in [3.05, 3.63) is 71.3 Å². The summed E-state index contributed by atoms with van der Waals surface area (Å²) in [4.78, 5) is 16.7. The van der Waals surface area contributed by atoms with Crippen molar-refractivity contribution in [3.8, 4) is 0 Å². The van der Waals surface area contributed by atoms with Crippen LogP contribution in [-0.2, 0) is 11.3 Å². The fourth-order valence-electron chi connectivity index (χ4n) is 4.76. The minimum absolute atomic E-state index is 0.0976. The van der Waals surface area contributed by atoms with E-state index in [9.17, 15) is 13.6 Å². The molecule has 2 saturated heterocycles. The maximum absolute atomic E-state index is 13.4. The number of piperidine rings is 1. The topological polar surface area (TPSA) is 23.6 Å². The van der Waals surface area contributed by atoms with Crippen LogP contribution in [0.4, 0.5) is 8.78 Å². The number of carbonyl (C=O) groups is 1. The number of hydrogen-bond donors (Lipinski definition) is 0. The molecule has 4 rings (SSSR count). The Kier molecular flexibility index (Phi) is 4.96. The van der Waals surface area contributed by atoms with Crippen LogP contribution in [0.15, 0.2) is 48.5 Å². The quantitative estimate of drug-likeness (QED) is 0.817. The summed E-state index contributed by atoms with van der Waals surface area (Å²) >= 11 is 0. The first-order valence-electron chi connectivity index (χ1n) is 9.54. The molecule has 0 spiro atoms. The monoisotopic (exact) mass is 370 g/mol. The van der Waals surface area contributed by atoms with Gasteiger partial charge in [-0.2, -0.15) is 0 Å². The highest BCUT2D eigenvalue weighted by Crippen LogP contribution is 2.40. The van der Waals surface area contributed by atoms with Gasteiger partial charge in [0, 0.05) is 38.5 Å². The smallest absolute Gasteiger partial charge is 0.219 e. The molecule has 2 aliphatic rings. The van der Waals surface area contributed by atoms with Crippen molar-refractivity contribution >= 4 is 5.91 Å². The Bertz CT molecular complexity index is 806. The summed E-state index contributed by atoms with van der Waals surface area (Å²) in [6, 6.07) is 13.7. The van der Waals surface area contributed by atoms with Crippen LogP contribution < -0.4 is 0 Å². The summed E-state index contributed by atoms with van der Waals surface area (Å²) in [6.45, 7) is 3.94. The molecule has 0 N–H and O–H groups in total. The molecule has 0 saturated carbocycles. The highest BCUT2D eigenvalue weighted by molar-refractivity contribution is 5.74. The summed E-state index contributed by atoms with van der Waals surface area (Å²) in [5.41, 5.74) is 2.14. The van der Waals surface area contributed by atoms with Gasteiger partial charge in [-0.1, -0.05) is 24.3 Å². The molecule has 0 radical (unpaired) electrons. The molecule has 2 aliphatic heterocycles. The van der Waals surface area contributed by atoms with Crippen molar-refractivity contribution in [1.29, 1.82) is 0 Å². The Balaban J connectivity index is 1.64. The molecule has 0 aliphatic carbocycles. The van der Waals surface area contributed by atoms with Gasteiger partial charge in [0.2, 0.25) is 5.91 Å². The van der Waals surface area contributed by atoms with Crippen molar-refractivity contribution in [2.45, 2.75) is 44.3 Å². The summed E-state index contributed by atoms with van der Waals surface area (Å²) < 4.78 is 26.6. The van der Waals surface area contributed by atoms with Crippen LogP contribution in [0.5, 0.6) is 0 Å². The second-order valence-electron chi connectivity index (χ2n) is 7.63. The number of halogens is 2. The number of benzene rings is 2. The molecule has 5 heteroatoms. The van der Waals surface area contributed by atoms with Gasteiger partial charge in [-0.05, 0) is 48.2 Å². The number of hydrogen-bond acceptors (Lipinski definition) is 2. The van der Waals surface area contributed by atoms with Crippen LogP contribution >= 0.6 is 0 Å². The van der Waals surface area contributed by atoms with E-state index in [1.165, 1.54) is 24.3 Å². The molecule has 0 unspecified atom stereocenters. The van der Waals surface area contributed by atoms with Crippen LogP contribution in [-0.4, -0.2) is 40.9 Å². The van der Waals surface area contributed by atoms with Crippen molar-refractivity contribution < 1.29 is 13.6 Å². The number of nitrogens with zero attached hydrogens (tertiary/aromatic N) is 2. The van der Waals surface area contributed by atoms with Gasteiger partial charge in [0.25, 0.3) is 0 Å². The Morgan fingerprint density at radius 2 is 1.67 bits per heavy atom. The Morgan fingerprint density at radius 3 is 2.30 bits per heavy atom. The van der Waals surface area contributed by atoms with Crippen molar-refractivity contribution in [1.82, 2.24) is 9.80 Å². The summed E-state index contributed by atoms with van der Waals surface area (Å²) in [7, 11) is 0. The lowest BCUT2D eigenvalue weighted by Crippen LogP contribution is -2.52. The molecule has 0 aromatic heterocycles. The van der Waals surface area contributed by atoms with E-state index >= 15 is 0 Å². The molecule has 0 bridgehead atoms. The Morgan fingerprint density at radius 1 is 1.04 bits per heavy atom. The van der Waals surface area contributed by atoms with Gasteiger partial charge in [0.1, 0.15) is 11.6 Å². The molecule has 142 valence electrons. The Hall–Kier alpha value is -2.27. The fraction of sp³-hybridized carbons (Fsp3) is 0.409. The molecule has 2 fully saturated rings. The van der Waals surface area contributed by atoms with Gasteiger partial charge in [-0.15, -0.1) is 0 Å². The standard InChI is InChI=1S/C22H24F2N2O/c1-15(27)26-12-2-3-21-22(26)20(17-6-10-19(24)11-7-17)14-25(21)13-16-4-8-18(23)9-5-16/h4-11,20-22H,2-3,12-14H2,1H3/t20-,21-,22-/m1/s1. The van der Waals surface area contributed by atoms with Crippen LogP contribution in [0.3, 0.4) is 0 Å². The molecule has 1 amide bonds. The van der Waals surface area contributed by atoms with Gasteiger partial charge in [-0.3, -0.25) is 9.69 Å². The second-order valence-corrected chi connectivity index (χ2v) is 7.63. The van der Waals surface area contributed by atoms with E-state index in [4.69, 9.17) is 0 Å². The molecular formula is C22H24F2N2O. The number of fused-ring (bicyclic) bond motifs is 1. The summed E-state index contributed by atoms with van der Waals surface area (Å²) in [6.07, 6.45) is 2.02. The van der Waals surface area contributed by atoms with Gasteiger partial charge in [0.15, 0.2) is 0 Å². The normalized spacial score (nSPS) is 25.4. The van der Waals surface area contributed by atoms with Crippen LogP contribution in [0.2, 0.25) is 0 Å². The first kappa shape index (κ1) is 18.1. The first-order chi connectivity index (χ1) is 13.0. The average molecular weight is 370 g/mol. The molecule has 2 aromatic rings. The second kappa shape index (κ2) is 7.39. The third-order valence-corrected chi connectivity index (χ3v) is 5.97. The largest absolute Gasteiger partial charge is 0.338 e. The third-order valence-electron chi connectivity index (χ3n) is 5.97. The minimum atomic E-state index is -0.247. The fourth-order valence-corrected chi connectivity index (χ4v) is 4.76. The minimum Gasteiger partial charge on any atom is -0.338 e. The zero-order valence-electron chi connectivity index (χ0n) is 15.4. The predicted molar refractivity (Wildman–Crippen MR) is 100 cm³/mol. The number of likely N-dealkylation sites (tertiary alicyclic amines) is 2. The van der Waals surface area contributed by atoms with Crippen molar-refractivity contribution in [2.24, 2.45) is 0 Å². The number of carbonyl (C=O) groups excluding carboxylic acids is 1. The maximum atomic E-state index is 13.4. The summed E-state index contributed by atoms with van der Waals surface area (Å²) in [5, 5.41) is 0. The van der Waals surface area contributed by atoms with E-state index in [1.54, 1.807) is 6.92 Å². The third kappa shape index (κ3) is 3.61. The zero-order chi connectivity index (χ0) is 19.0. The number of rotatable bonds is 3. The number of amides is 1. The van der Waals surface area contributed by atoms with E-state index in [-0.39, 0.29) is 35.5 Å². The first-order valence-corrected chi connectivity index (χ1v) is 9.54. The lowest BCUT2D eigenvalue weighted by molar-refractivity contribution is -0.133. The van der Waals surface area contributed by atoms with Gasteiger partial charge in [0.05, 0.1) is 6.04 Å². The van der Waals surface area contributed by atoms with E-state index in [0.717, 1.165) is 43.6 Å². The van der Waals surface area contributed by atoms with Gasteiger partial charge >= 0.3 is 0 Å². The predicted octanol–water partition coefficient (Wildman–Crippen LogP) is 3.94. The van der Waals surface area contributed by atoms with Crippen molar-refractivity contribution in [2.75, 3.05) is 13.1 Å². The van der Waals surface area contributed by atoms with Gasteiger partial charge in [-0.25, -0.2) is 8.78 Å². The summed E-state index contributed by atoms with van der Waals surface area (Å²) in [5.74, 6) is -0.230. The average Bonchev–Trinajstić information content (AvgIpc) is 3.03.